The van der Waals surface area contributed by atoms with Crippen molar-refractivity contribution in [2.24, 2.45) is 5.41 Å². The molecule has 11 nitrogen and oxygen atoms in total. The minimum Gasteiger partial charge on any atom is -0.480 e. The van der Waals surface area contributed by atoms with E-state index in [2.05, 4.69) is 5.32 Å². The van der Waals surface area contributed by atoms with Crippen LogP contribution in [0.4, 0.5) is 16.2 Å². The molecule has 1 amide bonds. The van der Waals surface area contributed by atoms with Crippen LogP contribution < -0.4 is 5.32 Å². The lowest BCUT2D eigenvalue weighted by atomic mass is 9.88. The van der Waals surface area contributed by atoms with Crippen LogP contribution in [-0.4, -0.2) is 33.1 Å². The lowest BCUT2D eigenvalue weighted by Crippen LogP contribution is -2.43. The van der Waals surface area contributed by atoms with Gasteiger partial charge in [0, 0.05) is 17.7 Å². The van der Waals surface area contributed by atoms with Crippen molar-refractivity contribution in [1.29, 1.82) is 0 Å². The van der Waals surface area contributed by atoms with Gasteiger partial charge in [0.25, 0.3) is 11.4 Å². The van der Waals surface area contributed by atoms with Gasteiger partial charge in [-0.05, 0) is 11.8 Å². The molecule has 11 heteroatoms. The number of nitrogens with zero attached hydrogens (tertiary/aromatic N) is 2. The number of carboxylic acid groups (broad SMARTS) is 1. The van der Waals surface area contributed by atoms with Crippen molar-refractivity contribution in [1.82, 2.24) is 5.32 Å². The highest BCUT2D eigenvalue weighted by Crippen LogP contribution is 2.23. The highest BCUT2D eigenvalue weighted by Gasteiger charge is 2.26. The fourth-order valence-corrected chi connectivity index (χ4v) is 2.10. The maximum Gasteiger partial charge on any atom is 0.408 e. The van der Waals surface area contributed by atoms with Gasteiger partial charge in [-0.3, -0.25) is 20.2 Å². The molecule has 26 heavy (non-hydrogen) atoms. The zero-order chi connectivity index (χ0) is 20.1. The average Bonchev–Trinajstić information content (AvgIpc) is 2.50. The Bertz CT molecular complexity index is 694. The molecule has 0 aliphatic heterocycles. The summed E-state index contributed by atoms with van der Waals surface area (Å²) in [6, 6.07) is 1.67. The van der Waals surface area contributed by atoms with Crippen molar-refractivity contribution >= 4 is 23.4 Å². The monoisotopic (exact) mass is 369 g/mol. The second kappa shape index (κ2) is 8.23. The Balaban J connectivity index is 2.81. The molecule has 1 aromatic rings. The third kappa shape index (κ3) is 6.71. The van der Waals surface area contributed by atoms with Crippen LogP contribution in [0.1, 0.15) is 32.8 Å². The van der Waals surface area contributed by atoms with Crippen molar-refractivity contribution in [3.8, 4) is 0 Å². The lowest BCUT2D eigenvalue weighted by Gasteiger charge is -2.23. The predicted octanol–water partition coefficient (Wildman–Crippen LogP) is 2.62. The van der Waals surface area contributed by atoms with Crippen LogP contribution in [0, 0.1) is 25.6 Å². The lowest BCUT2D eigenvalue weighted by molar-refractivity contribution is -0.394. The number of rotatable bonds is 7. The Labute approximate surface area is 148 Å². The summed E-state index contributed by atoms with van der Waals surface area (Å²) in [6.07, 6.45) is -0.893. The van der Waals surface area contributed by atoms with Gasteiger partial charge in [0.1, 0.15) is 12.6 Å². The van der Waals surface area contributed by atoms with E-state index in [9.17, 15) is 29.8 Å². The van der Waals surface area contributed by atoms with Crippen molar-refractivity contribution in [2.45, 2.75) is 39.8 Å². The average molecular weight is 369 g/mol. The highest BCUT2D eigenvalue weighted by atomic mass is 16.6. The van der Waals surface area contributed by atoms with E-state index in [4.69, 9.17) is 9.84 Å². The van der Waals surface area contributed by atoms with Gasteiger partial charge in [0.05, 0.1) is 15.9 Å². The van der Waals surface area contributed by atoms with Crippen LogP contribution in [0.15, 0.2) is 18.2 Å². The summed E-state index contributed by atoms with van der Waals surface area (Å²) in [4.78, 5) is 43.0. The Kier molecular flexibility index (Phi) is 6.58. The number of carboxylic acids is 1. The molecule has 142 valence electrons. The number of non-ortho nitro benzene ring substituents is 2. The Morgan fingerprint density at radius 2 is 1.65 bits per heavy atom. The summed E-state index contributed by atoms with van der Waals surface area (Å²) < 4.78 is 4.83. The molecule has 1 atom stereocenters. The fourth-order valence-electron chi connectivity index (χ4n) is 2.10. The number of ether oxygens (including phenoxy) is 1. The molecule has 0 saturated carbocycles. The maximum absolute atomic E-state index is 11.8. The van der Waals surface area contributed by atoms with E-state index in [1.807, 2.05) is 0 Å². The summed E-state index contributed by atoms with van der Waals surface area (Å²) in [5.41, 5.74) is -1.37. The van der Waals surface area contributed by atoms with Crippen LogP contribution in [0.3, 0.4) is 0 Å². The Hall–Kier alpha value is -3.24. The molecule has 1 aromatic carbocycles. The van der Waals surface area contributed by atoms with Crippen LogP contribution in [0.5, 0.6) is 0 Å². The van der Waals surface area contributed by atoms with Crippen molar-refractivity contribution in [2.75, 3.05) is 0 Å². The molecule has 2 N–H and O–H groups in total. The number of hydrogen-bond acceptors (Lipinski definition) is 7. The van der Waals surface area contributed by atoms with Gasteiger partial charge in [-0.2, -0.15) is 0 Å². The van der Waals surface area contributed by atoms with E-state index in [0.717, 1.165) is 18.2 Å². The Morgan fingerprint density at radius 3 is 2.04 bits per heavy atom. The number of alkyl carbamates (subject to hydrolysis) is 1. The van der Waals surface area contributed by atoms with Crippen LogP contribution >= 0.6 is 0 Å². The number of nitrogens with one attached hydrogen (secondary N) is 1. The van der Waals surface area contributed by atoms with E-state index in [0.29, 0.717) is 0 Å². The van der Waals surface area contributed by atoms with Gasteiger partial charge < -0.3 is 15.2 Å². The maximum atomic E-state index is 11.8. The second-order valence-electron chi connectivity index (χ2n) is 6.75. The largest absolute Gasteiger partial charge is 0.480 e. The van der Waals surface area contributed by atoms with Crippen LogP contribution in [0.2, 0.25) is 0 Å². The topological polar surface area (TPSA) is 162 Å². The molecule has 1 rings (SSSR count). The first-order valence-corrected chi connectivity index (χ1v) is 7.48. The molecule has 0 saturated heterocycles. The number of nitro groups is 2. The minimum atomic E-state index is -1.23. The van der Waals surface area contributed by atoms with E-state index in [1.165, 1.54) is 0 Å². The smallest absolute Gasteiger partial charge is 0.408 e. The second-order valence-corrected chi connectivity index (χ2v) is 6.75. The predicted molar refractivity (Wildman–Crippen MR) is 88.6 cm³/mol. The zero-order valence-electron chi connectivity index (χ0n) is 14.4. The van der Waals surface area contributed by atoms with Gasteiger partial charge in [0.2, 0.25) is 0 Å². The molecule has 0 aliphatic rings. The molecule has 0 aliphatic carbocycles. The number of benzene rings is 1. The number of nitro benzene ring substituents is 2. The minimum absolute atomic E-state index is 0.0312. The van der Waals surface area contributed by atoms with Gasteiger partial charge in [-0.15, -0.1) is 0 Å². The van der Waals surface area contributed by atoms with Crippen molar-refractivity contribution in [3.63, 3.8) is 0 Å². The number of carbonyl (C=O) groups excluding carboxylic acids is 1. The first kappa shape index (κ1) is 20.8. The SMILES string of the molecule is CC(C)(C)C[C@H](NC(=O)OCc1cc([N+](=O)[O-])cc([N+](=O)[O-])c1)C(=O)O. The summed E-state index contributed by atoms with van der Waals surface area (Å²) in [7, 11) is 0. The van der Waals surface area contributed by atoms with E-state index >= 15 is 0 Å². The van der Waals surface area contributed by atoms with Crippen LogP contribution in [-0.2, 0) is 16.1 Å². The highest BCUT2D eigenvalue weighted by molar-refractivity contribution is 5.79. The molecular formula is C15H19N3O8. The summed E-state index contributed by atoms with van der Waals surface area (Å²) in [6.45, 7) is 4.92. The van der Waals surface area contributed by atoms with Crippen molar-refractivity contribution in [3.05, 3.63) is 44.0 Å². The normalized spacial score (nSPS) is 12.1. The molecule has 0 radical (unpaired) electrons. The first-order chi connectivity index (χ1) is 11.9. The van der Waals surface area contributed by atoms with Gasteiger partial charge in [0.15, 0.2) is 0 Å². The molecule has 0 heterocycles. The number of aliphatic carboxylic acids is 1. The zero-order valence-corrected chi connectivity index (χ0v) is 14.4. The Morgan fingerprint density at radius 1 is 1.15 bits per heavy atom. The van der Waals surface area contributed by atoms with Gasteiger partial charge in [-0.1, -0.05) is 20.8 Å². The first-order valence-electron chi connectivity index (χ1n) is 7.48. The summed E-state index contributed by atoms with van der Waals surface area (Å²) >= 11 is 0. The van der Waals surface area contributed by atoms with Crippen LogP contribution in [0.25, 0.3) is 0 Å². The fraction of sp³-hybridized carbons (Fsp3) is 0.467. The molecule has 0 spiro atoms. The molecule has 0 fully saturated rings. The quantitative estimate of drug-likeness (QED) is 0.547. The number of hydrogen-bond donors (Lipinski definition) is 2. The molecular weight excluding hydrogens is 350 g/mol. The summed E-state index contributed by atoms with van der Waals surface area (Å²) in [5, 5.41) is 33.0. The molecule has 0 bridgehead atoms. The third-order valence-electron chi connectivity index (χ3n) is 3.16. The van der Waals surface area contributed by atoms with E-state index < -0.39 is 45.9 Å². The number of amides is 1. The third-order valence-corrected chi connectivity index (χ3v) is 3.16. The standard InChI is InChI=1S/C15H19N3O8/c1-15(2,3)7-12(13(19)20)16-14(21)26-8-9-4-10(17(22)23)6-11(5-9)18(24)25/h4-6,12H,7-8H2,1-3H3,(H,16,21)(H,19,20)/t12-/m0/s1. The van der Waals surface area contributed by atoms with E-state index in [1.54, 1.807) is 20.8 Å². The van der Waals surface area contributed by atoms with Crippen molar-refractivity contribution < 1.29 is 29.3 Å². The molecule has 0 aromatic heterocycles. The molecule has 0 unspecified atom stereocenters. The summed E-state index contributed by atoms with van der Waals surface area (Å²) in [5.74, 6) is -1.23. The number of carbonyl (C=O) groups is 2. The van der Waals surface area contributed by atoms with Gasteiger partial charge in [-0.25, -0.2) is 9.59 Å². The van der Waals surface area contributed by atoms with E-state index in [-0.39, 0.29) is 17.4 Å². The van der Waals surface area contributed by atoms with Gasteiger partial charge >= 0.3 is 12.1 Å².